The molecule has 1 amide bonds. The number of aliphatic carboxylic acids is 1. The summed E-state index contributed by atoms with van der Waals surface area (Å²) in [6.45, 7) is 4.19. The van der Waals surface area contributed by atoms with Crippen molar-refractivity contribution in [3.63, 3.8) is 0 Å². The maximum absolute atomic E-state index is 12.4. The maximum atomic E-state index is 12.4. The zero-order valence-electron chi connectivity index (χ0n) is 17.4. The molecule has 2 aromatic heterocycles. The lowest BCUT2D eigenvalue weighted by Gasteiger charge is -2.26. The van der Waals surface area contributed by atoms with Crippen LogP contribution in [0.2, 0.25) is 0 Å². The van der Waals surface area contributed by atoms with Gasteiger partial charge in [0.05, 0.1) is 35.9 Å². The molecule has 2 saturated heterocycles. The molecule has 2 aliphatic rings. The normalized spacial score (nSPS) is 25.2. The number of hydrogen-bond acceptors (Lipinski definition) is 9. The highest BCUT2D eigenvalue weighted by molar-refractivity contribution is 7.13. The van der Waals surface area contributed by atoms with Crippen LogP contribution in [0.25, 0.3) is 10.6 Å². The van der Waals surface area contributed by atoms with Crippen LogP contribution in [0.15, 0.2) is 29.8 Å². The van der Waals surface area contributed by atoms with Gasteiger partial charge in [0.2, 0.25) is 11.9 Å². The molecule has 0 unspecified atom stereocenters. The standard InChI is InChI=1S/C21H26N4O5S/c1-21(2,9-17(27)28)8-16(26)23-13-10-29-19-14(11-30-18(13)19)25-20-22-6-5-12(24-20)15-4-3-7-31-15/h3-7,13-14,18-19H,8-11H2,1-2H3,(H,23,26)(H,27,28)(H,22,24,25)/p-1/t13-,14-,18+,19+/m0/s1. The van der Waals surface area contributed by atoms with Crippen molar-refractivity contribution in [1.29, 1.82) is 0 Å². The molecule has 31 heavy (non-hydrogen) atoms. The lowest BCUT2D eigenvalue weighted by Crippen LogP contribution is -2.46. The number of ether oxygens (including phenoxy) is 2. The van der Waals surface area contributed by atoms with Crippen molar-refractivity contribution in [1.82, 2.24) is 15.3 Å². The van der Waals surface area contributed by atoms with Gasteiger partial charge in [-0.1, -0.05) is 19.9 Å². The monoisotopic (exact) mass is 445 g/mol. The second-order valence-corrected chi connectivity index (χ2v) is 9.60. The van der Waals surface area contributed by atoms with Crippen molar-refractivity contribution < 1.29 is 24.2 Å². The molecule has 0 saturated carbocycles. The van der Waals surface area contributed by atoms with Gasteiger partial charge >= 0.3 is 0 Å². The Balaban J connectivity index is 1.34. The molecular weight excluding hydrogens is 420 g/mol. The molecule has 2 N–H and O–H groups in total. The number of fused-ring (bicyclic) bond motifs is 1. The number of thiophene rings is 1. The van der Waals surface area contributed by atoms with Crippen molar-refractivity contribution in [3.8, 4) is 10.6 Å². The summed E-state index contributed by atoms with van der Waals surface area (Å²) in [4.78, 5) is 33.2. The molecule has 0 aromatic carbocycles. The van der Waals surface area contributed by atoms with E-state index in [-0.39, 0.29) is 43.0 Å². The zero-order chi connectivity index (χ0) is 22.0. The van der Waals surface area contributed by atoms with Crippen LogP contribution < -0.4 is 15.7 Å². The highest BCUT2D eigenvalue weighted by Crippen LogP contribution is 2.30. The lowest BCUT2D eigenvalue weighted by atomic mass is 9.85. The van der Waals surface area contributed by atoms with Crippen LogP contribution in [0, 0.1) is 5.41 Å². The number of carbonyl (C=O) groups excluding carboxylic acids is 2. The zero-order valence-corrected chi connectivity index (χ0v) is 18.2. The van der Waals surface area contributed by atoms with Crippen LogP contribution >= 0.6 is 11.3 Å². The van der Waals surface area contributed by atoms with Gasteiger partial charge < -0.3 is 30.0 Å². The maximum Gasteiger partial charge on any atom is 0.223 e. The molecule has 4 atom stereocenters. The van der Waals surface area contributed by atoms with Crippen LogP contribution in [0.4, 0.5) is 5.95 Å². The van der Waals surface area contributed by atoms with E-state index in [2.05, 4.69) is 20.6 Å². The van der Waals surface area contributed by atoms with Gasteiger partial charge in [-0.3, -0.25) is 4.79 Å². The number of rotatable bonds is 8. The Labute approximate surface area is 184 Å². The fourth-order valence-electron chi connectivity index (χ4n) is 4.05. The number of carboxylic acid groups (broad SMARTS) is 1. The number of aromatic nitrogens is 2. The van der Waals surface area contributed by atoms with Crippen LogP contribution in [0.3, 0.4) is 0 Å². The molecule has 0 spiro atoms. The third-order valence-electron chi connectivity index (χ3n) is 5.41. The Morgan fingerprint density at radius 2 is 1.94 bits per heavy atom. The van der Waals surface area contributed by atoms with Crippen LogP contribution in [-0.4, -0.2) is 59.3 Å². The van der Waals surface area contributed by atoms with Crippen LogP contribution in [0.1, 0.15) is 26.7 Å². The first kappa shape index (κ1) is 21.7. The summed E-state index contributed by atoms with van der Waals surface area (Å²) < 4.78 is 11.8. The van der Waals surface area contributed by atoms with Crippen molar-refractivity contribution in [2.45, 2.75) is 51.0 Å². The Bertz CT molecular complexity index is 936. The molecule has 4 rings (SSSR count). The van der Waals surface area contributed by atoms with Gasteiger partial charge in [0.15, 0.2) is 0 Å². The number of carbonyl (C=O) groups is 2. The smallest absolute Gasteiger partial charge is 0.223 e. The first-order valence-electron chi connectivity index (χ1n) is 10.2. The molecule has 2 fully saturated rings. The summed E-state index contributed by atoms with van der Waals surface area (Å²) >= 11 is 1.61. The number of nitrogens with one attached hydrogen (secondary N) is 2. The minimum atomic E-state index is -1.17. The van der Waals surface area contributed by atoms with E-state index in [0.29, 0.717) is 19.2 Å². The fraction of sp³-hybridized carbons (Fsp3) is 0.524. The van der Waals surface area contributed by atoms with E-state index in [9.17, 15) is 14.7 Å². The molecule has 2 aliphatic heterocycles. The van der Waals surface area contributed by atoms with Gasteiger partial charge in [-0.2, -0.15) is 0 Å². The highest BCUT2D eigenvalue weighted by atomic mass is 32.1. The summed E-state index contributed by atoms with van der Waals surface area (Å²) in [5.74, 6) is -0.895. The molecule has 0 radical (unpaired) electrons. The Morgan fingerprint density at radius 1 is 1.19 bits per heavy atom. The van der Waals surface area contributed by atoms with E-state index in [4.69, 9.17) is 9.47 Å². The Morgan fingerprint density at radius 3 is 2.65 bits per heavy atom. The SMILES string of the molecule is CC(C)(CC(=O)[O-])CC(=O)N[C@H]1CO[C@H]2[C@@H]1OC[C@@H]2Nc1nccc(-c2cccs2)n1. The quantitative estimate of drug-likeness (QED) is 0.612. The van der Waals surface area contributed by atoms with Gasteiger partial charge in [-0.25, -0.2) is 9.97 Å². The second kappa shape index (κ2) is 8.89. The minimum absolute atomic E-state index is 0.0832. The highest BCUT2D eigenvalue weighted by Gasteiger charge is 2.48. The molecule has 4 heterocycles. The number of carboxylic acids is 1. The van der Waals surface area contributed by atoms with Crippen molar-refractivity contribution in [3.05, 3.63) is 29.8 Å². The molecular formula is C21H25N4O5S-. The topological polar surface area (TPSA) is 126 Å². The average Bonchev–Trinajstić information content (AvgIpc) is 3.41. The molecule has 166 valence electrons. The summed E-state index contributed by atoms with van der Waals surface area (Å²) in [6, 6.07) is 5.42. The van der Waals surface area contributed by atoms with Gasteiger partial charge in [0, 0.05) is 18.6 Å². The number of anilines is 1. The van der Waals surface area contributed by atoms with E-state index < -0.39 is 11.4 Å². The number of hydrogen-bond donors (Lipinski definition) is 2. The number of nitrogens with zero attached hydrogens (tertiary/aromatic N) is 2. The third-order valence-corrected chi connectivity index (χ3v) is 6.30. The molecule has 0 aliphatic carbocycles. The van der Waals surface area contributed by atoms with Gasteiger partial charge in [-0.15, -0.1) is 11.3 Å². The predicted octanol–water partition coefficient (Wildman–Crippen LogP) is 0.824. The van der Waals surface area contributed by atoms with E-state index in [1.807, 2.05) is 23.6 Å². The van der Waals surface area contributed by atoms with E-state index in [0.717, 1.165) is 10.6 Å². The summed E-state index contributed by atoms with van der Waals surface area (Å²) in [5, 5.41) is 19.1. The summed E-state index contributed by atoms with van der Waals surface area (Å²) in [6.07, 6.45) is 1.09. The van der Waals surface area contributed by atoms with E-state index in [1.165, 1.54) is 0 Å². The fourth-order valence-corrected chi connectivity index (χ4v) is 4.74. The molecule has 2 aromatic rings. The summed E-state index contributed by atoms with van der Waals surface area (Å²) in [7, 11) is 0. The van der Waals surface area contributed by atoms with Crippen molar-refractivity contribution >= 4 is 29.2 Å². The molecule has 9 nitrogen and oxygen atoms in total. The van der Waals surface area contributed by atoms with Crippen LogP contribution in [0.5, 0.6) is 0 Å². The first-order valence-corrected chi connectivity index (χ1v) is 11.0. The van der Waals surface area contributed by atoms with Gasteiger partial charge in [0.25, 0.3) is 0 Å². The van der Waals surface area contributed by atoms with Gasteiger partial charge in [-0.05, 0) is 29.3 Å². The lowest BCUT2D eigenvalue weighted by molar-refractivity contribution is -0.307. The van der Waals surface area contributed by atoms with Crippen molar-refractivity contribution in [2.24, 2.45) is 5.41 Å². The van der Waals surface area contributed by atoms with E-state index >= 15 is 0 Å². The Kier molecular flexibility index (Phi) is 6.22. The second-order valence-electron chi connectivity index (χ2n) is 8.65. The average molecular weight is 446 g/mol. The number of amides is 1. The third kappa shape index (κ3) is 5.20. The minimum Gasteiger partial charge on any atom is -0.550 e. The van der Waals surface area contributed by atoms with Crippen molar-refractivity contribution in [2.75, 3.05) is 18.5 Å². The first-order chi connectivity index (χ1) is 14.8. The predicted molar refractivity (Wildman–Crippen MR) is 112 cm³/mol. The molecule has 0 bridgehead atoms. The largest absolute Gasteiger partial charge is 0.550 e. The summed E-state index contributed by atoms with van der Waals surface area (Å²) in [5.41, 5.74) is 0.160. The van der Waals surface area contributed by atoms with E-state index in [1.54, 1.807) is 31.4 Å². The van der Waals surface area contributed by atoms with Gasteiger partial charge in [0.1, 0.15) is 12.2 Å². The Hall–Kier alpha value is -2.56. The molecule has 10 heteroatoms. The van der Waals surface area contributed by atoms with Crippen LogP contribution in [-0.2, 0) is 19.1 Å².